The first-order valence-corrected chi connectivity index (χ1v) is 9.99. The molecule has 0 saturated carbocycles. The van der Waals surface area contributed by atoms with E-state index in [0.29, 0.717) is 29.6 Å². The molecule has 3 heterocycles. The van der Waals surface area contributed by atoms with Gasteiger partial charge >= 0.3 is 6.18 Å². The van der Waals surface area contributed by atoms with Crippen LogP contribution in [0, 0.1) is 6.92 Å². The van der Waals surface area contributed by atoms with Crippen LogP contribution in [0.1, 0.15) is 24.1 Å². The number of phenolic OH excluding ortho intramolecular Hbond substituents is 1. The van der Waals surface area contributed by atoms with Crippen molar-refractivity contribution in [1.29, 1.82) is 0 Å². The summed E-state index contributed by atoms with van der Waals surface area (Å²) in [6.45, 7) is 4.18. The van der Waals surface area contributed by atoms with Crippen LogP contribution in [0.2, 0.25) is 0 Å². The molecule has 3 aromatic rings. The molecule has 0 unspecified atom stereocenters. The SMILES string of the molecule is Cc1cc2c(N[C@@H]3CCCN(CCO)C3)nnc(-c3ccc(C(F)(F)F)cc3O)n2n1. The van der Waals surface area contributed by atoms with E-state index in [9.17, 15) is 23.4 Å². The molecular weight excluding hydrogens is 413 g/mol. The van der Waals surface area contributed by atoms with E-state index in [4.69, 9.17) is 0 Å². The molecule has 1 aliphatic heterocycles. The topological polar surface area (TPSA) is 98.8 Å². The van der Waals surface area contributed by atoms with Gasteiger partial charge in [-0.25, -0.2) is 4.52 Å². The van der Waals surface area contributed by atoms with Gasteiger partial charge in [0.25, 0.3) is 0 Å². The Morgan fingerprint density at radius 2 is 2.03 bits per heavy atom. The second-order valence-electron chi connectivity index (χ2n) is 7.69. The van der Waals surface area contributed by atoms with Gasteiger partial charge in [-0.1, -0.05) is 0 Å². The van der Waals surface area contributed by atoms with Gasteiger partial charge < -0.3 is 15.5 Å². The number of piperidine rings is 1. The first-order chi connectivity index (χ1) is 14.8. The van der Waals surface area contributed by atoms with Gasteiger partial charge in [-0.05, 0) is 50.6 Å². The van der Waals surface area contributed by atoms with Crippen molar-refractivity contribution in [2.75, 3.05) is 31.6 Å². The Kier molecular flexibility index (Phi) is 5.71. The highest BCUT2D eigenvalue weighted by atomic mass is 19.4. The van der Waals surface area contributed by atoms with Gasteiger partial charge in [0.05, 0.1) is 23.4 Å². The van der Waals surface area contributed by atoms with E-state index in [-0.39, 0.29) is 24.0 Å². The molecule has 8 nitrogen and oxygen atoms in total. The van der Waals surface area contributed by atoms with Crippen LogP contribution in [0.5, 0.6) is 5.75 Å². The minimum absolute atomic E-state index is 0.101. The predicted molar refractivity (Wildman–Crippen MR) is 108 cm³/mol. The molecule has 1 aromatic carbocycles. The number of alkyl halides is 3. The minimum Gasteiger partial charge on any atom is -0.507 e. The molecule has 0 aliphatic carbocycles. The molecule has 1 aliphatic rings. The molecule has 11 heteroatoms. The maximum absolute atomic E-state index is 12.9. The fraction of sp³-hybridized carbons (Fsp3) is 0.450. The highest BCUT2D eigenvalue weighted by molar-refractivity contribution is 5.73. The summed E-state index contributed by atoms with van der Waals surface area (Å²) >= 11 is 0. The number of aliphatic hydroxyl groups is 1. The zero-order valence-corrected chi connectivity index (χ0v) is 16.9. The Labute approximate surface area is 176 Å². The van der Waals surface area contributed by atoms with Gasteiger partial charge in [0.15, 0.2) is 11.6 Å². The van der Waals surface area contributed by atoms with Crippen LogP contribution in [0.15, 0.2) is 24.3 Å². The number of likely N-dealkylation sites (tertiary alicyclic amines) is 1. The van der Waals surface area contributed by atoms with Crippen LogP contribution < -0.4 is 5.32 Å². The molecular formula is C20H23F3N6O2. The zero-order chi connectivity index (χ0) is 22.2. The van der Waals surface area contributed by atoms with Crippen LogP contribution in [-0.2, 0) is 6.18 Å². The maximum atomic E-state index is 12.9. The summed E-state index contributed by atoms with van der Waals surface area (Å²) in [7, 11) is 0. The monoisotopic (exact) mass is 436 g/mol. The Morgan fingerprint density at radius 1 is 1.23 bits per heavy atom. The van der Waals surface area contributed by atoms with E-state index < -0.39 is 17.5 Å². The summed E-state index contributed by atoms with van der Waals surface area (Å²) in [5.41, 5.74) is 0.446. The smallest absolute Gasteiger partial charge is 0.416 e. The third-order valence-corrected chi connectivity index (χ3v) is 5.35. The lowest BCUT2D eigenvalue weighted by Gasteiger charge is -2.32. The number of aromatic nitrogens is 4. The second kappa shape index (κ2) is 8.31. The van der Waals surface area contributed by atoms with Gasteiger partial charge in [-0.15, -0.1) is 10.2 Å². The number of aliphatic hydroxyl groups excluding tert-OH is 1. The number of phenols is 1. The number of hydrogen-bond acceptors (Lipinski definition) is 7. The molecule has 1 atom stereocenters. The van der Waals surface area contributed by atoms with Gasteiger partial charge in [0, 0.05) is 19.1 Å². The molecule has 0 radical (unpaired) electrons. The number of benzene rings is 1. The molecule has 0 amide bonds. The largest absolute Gasteiger partial charge is 0.507 e. The lowest BCUT2D eigenvalue weighted by molar-refractivity contribution is -0.137. The number of aromatic hydroxyl groups is 1. The summed E-state index contributed by atoms with van der Waals surface area (Å²) in [4.78, 5) is 2.17. The third kappa shape index (κ3) is 4.42. The number of aryl methyl sites for hydroxylation is 1. The fourth-order valence-electron chi connectivity index (χ4n) is 3.90. The molecule has 1 fully saturated rings. The summed E-state index contributed by atoms with van der Waals surface area (Å²) in [5.74, 6) is 0.100. The van der Waals surface area contributed by atoms with Crippen molar-refractivity contribution in [3.8, 4) is 17.1 Å². The molecule has 3 N–H and O–H groups in total. The lowest BCUT2D eigenvalue weighted by atomic mass is 10.1. The number of rotatable bonds is 5. The van der Waals surface area contributed by atoms with Gasteiger partial charge in [0.1, 0.15) is 11.3 Å². The third-order valence-electron chi connectivity index (χ3n) is 5.35. The van der Waals surface area contributed by atoms with Crippen molar-refractivity contribution in [3.63, 3.8) is 0 Å². The highest BCUT2D eigenvalue weighted by Crippen LogP contribution is 2.36. The van der Waals surface area contributed by atoms with E-state index >= 15 is 0 Å². The van der Waals surface area contributed by atoms with Gasteiger partial charge in [0.2, 0.25) is 0 Å². The zero-order valence-electron chi connectivity index (χ0n) is 16.9. The number of nitrogens with zero attached hydrogens (tertiary/aromatic N) is 5. The number of halogens is 3. The van der Waals surface area contributed by atoms with E-state index in [2.05, 4.69) is 25.5 Å². The molecule has 0 bridgehead atoms. The molecule has 166 valence electrons. The predicted octanol–water partition coefficient (Wildman–Crippen LogP) is 2.69. The standard InChI is InChI=1S/C20H23F3N6O2/c1-12-9-16-18(24-14-3-2-6-28(11-14)7-8-30)25-26-19(29(16)27-12)15-5-4-13(10-17(15)31)20(21,22)23/h4-5,9-10,14,30-31H,2-3,6-8,11H2,1H3,(H,24,25)/t14-/m1/s1. The van der Waals surface area contributed by atoms with Crippen LogP contribution in [-0.4, -0.2) is 67.2 Å². The molecule has 4 rings (SSSR count). The first-order valence-electron chi connectivity index (χ1n) is 9.99. The van der Waals surface area contributed by atoms with E-state index in [1.807, 2.05) is 0 Å². The van der Waals surface area contributed by atoms with Crippen LogP contribution >= 0.6 is 0 Å². The number of β-amino-alcohol motifs (C(OH)–C–C–N with tert-alkyl or cyclic N) is 1. The second-order valence-corrected chi connectivity index (χ2v) is 7.69. The Morgan fingerprint density at radius 3 is 2.74 bits per heavy atom. The van der Waals surface area contributed by atoms with Crippen molar-refractivity contribution in [2.45, 2.75) is 32.0 Å². The normalized spacial score (nSPS) is 17.9. The van der Waals surface area contributed by atoms with E-state index in [0.717, 1.165) is 32.0 Å². The van der Waals surface area contributed by atoms with Gasteiger partial charge in [-0.3, -0.25) is 4.90 Å². The summed E-state index contributed by atoms with van der Waals surface area (Å²) in [6, 6.07) is 4.64. The first kappa shape index (κ1) is 21.3. The number of nitrogens with one attached hydrogen (secondary N) is 1. The Balaban J connectivity index is 1.68. The van der Waals surface area contributed by atoms with Crippen molar-refractivity contribution in [2.24, 2.45) is 0 Å². The van der Waals surface area contributed by atoms with Crippen molar-refractivity contribution in [3.05, 3.63) is 35.5 Å². The van der Waals surface area contributed by atoms with Crippen molar-refractivity contribution < 1.29 is 23.4 Å². The Hall–Kier alpha value is -2.92. The van der Waals surface area contributed by atoms with E-state index in [1.165, 1.54) is 10.6 Å². The highest BCUT2D eigenvalue weighted by Gasteiger charge is 2.31. The van der Waals surface area contributed by atoms with Gasteiger partial charge in [-0.2, -0.15) is 18.3 Å². The van der Waals surface area contributed by atoms with Crippen molar-refractivity contribution in [1.82, 2.24) is 24.7 Å². The molecule has 2 aromatic heterocycles. The van der Waals surface area contributed by atoms with Crippen LogP contribution in [0.4, 0.5) is 19.0 Å². The molecule has 31 heavy (non-hydrogen) atoms. The quantitative estimate of drug-likeness (QED) is 0.566. The lowest BCUT2D eigenvalue weighted by Crippen LogP contribution is -2.43. The Bertz CT molecular complexity index is 1080. The van der Waals surface area contributed by atoms with Crippen LogP contribution in [0.25, 0.3) is 16.9 Å². The average molecular weight is 436 g/mol. The number of hydrogen-bond donors (Lipinski definition) is 3. The average Bonchev–Trinajstić information content (AvgIpc) is 3.10. The molecule has 0 spiro atoms. The summed E-state index contributed by atoms with van der Waals surface area (Å²) < 4.78 is 40.3. The minimum atomic E-state index is -4.56. The van der Waals surface area contributed by atoms with E-state index in [1.54, 1.807) is 13.0 Å². The fourth-order valence-corrected chi connectivity index (χ4v) is 3.90. The maximum Gasteiger partial charge on any atom is 0.416 e. The number of fused-ring (bicyclic) bond motifs is 1. The van der Waals surface area contributed by atoms with Crippen molar-refractivity contribution >= 4 is 11.3 Å². The number of anilines is 1. The summed E-state index contributed by atoms with van der Waals surface area (Å²) in [6.07, 6.45) is -2.64. The van der Waals surface area contributed by atoms with Crippen LogP contribution in [0.3, 0.4) is 0 Å². The molecule has 1 saturated heterocycles. The summed E-state index contributed by atoms with van der Waals surface area (Å²) in [5, 5.41) is 35.6.